The van der Waals surface area contributed by atoms with Crippen LogP contribution in [0.5, 0.6) is 0 Å². The Bertz CT molecular complexity index is 1110. The zero-order chi connectivity index (χ0) is 23.4. The lowest BCUT2D eigenvalue weighted by Crippen LogP contribution is -2.49. The van der Waals surface area contributed by atoms with E-state index in [1.54, 1.807) is 17.5 Å². The minimum absolute atomic E-state index is 0.00571. The number of aromatic nitrogens is 3. The summed E-state index contributed by atoms with van der Waals surface area (Å²) in [7, 11) is 0. The highest BCUT2D eigenvalue weighted by Gasteiger charge is 2.31. The van der Waals surface area contributed by atoms with E-state index in [4.69, 9.17) is 9.97 Å². The molecule has 1 aliphatic rings. The molecular formula is C25H31N5O2S. The van der Waals surface area contributed by atoms with Crippen molar-refractivity contribution in [2.75, 3.05) is 11.9 Å². The maximum absolute atomic E-state index is 12.5. The molecule has 7 nitrogen and oxygen atoms in total. The van der Waals surface area contributed by atoms with Gasteiger partial charge < -0.3 is 15.7 Å². The van der Waals surface area contributed by atoms with E-state index in [0.717, 1.165) is 58.5 Å². The van der Waals surface area contributed by atoms with E-state index < -0.39 is 5.54 Å². The van der Waals surface area contributed by atoms with E-state index in [0.29, 0.717) is 5.92 Å². The average molecular weight is 466 g/mol. The third-order valence-electron chi connectivity index (χ3n) is 6.00. The van der Waals surface area contributed by atoms with Gasteiger partial charge in [-0.2, -0.15) is 0 Å². The molecule has 0 aromatic carbocycles. The smallest absolute Gasteiger partial charge is 0.223 e. The van der Waals surface area contributed by atoms with Crippen LogP contribution in [0, 0.1) is 12.8 Å². The largest absolute Gasteiger partial charge is 0.394 e. The third-order valence-corrected chi connectivity index (χ3v) is 7.18. The maximum Gasteiger partial charge on any atom is 0.223 e. The fourth-order valence-electron chi connectivity index (χ4n) is 4.05. The summed E-state index contributed by atoms with van der Waals surface area (Å²) >= 11 is 1.68. The first kappa shape index (κ1) is 23.3. The van der Waals surface area contributed by atoms with Crippen molar-refractivity contribution in [1.82, 2.24) is 20.3 Å². The number of anilines is 2. The zero-order valence-electron chi connectivity index (χ0n) is 19.3. The quantitative estimate of drug-likeness (QED) is 0.463. The molecular weight excluding hydrogens is 434 g/mol. The van der Waals surface area contributed by atoms with Crippen molar-refractivity contribution in [2.24, 2.45) is 5.92 Å². The predicted molar refractivity (Wildman–Crippen MR) is 132 cm³/mol. The third kappa shape index (κ3) is 5.94. The van der Waals surface area contributed by atoms with E-state index in [-0.39, 0.29) is 18.4 Å². The van der Waals surface area contributed by atoms with Crippen LogP contribution < -0.4 is 10.6 Å². The molecule has 3 aromatic rings. The number of thiazole rings is 1. The van der Waals surface area contributed by atoms with Crippen LogP contribution in [0.15, 0.2) is 42.7 Å². The molecule has 3 aromatic heterocycles. The van der Waals surface area contributed by atoms with Crippen molar-refractivity contribution in [3.8, 4) is 10.6 Å². The van der Waals surface area contributed by atoms with Gasteiger partial charge in [0.15, 0.2) is 0 Å². The first-order chi connectivity index (χ1) is 15.8. The molecule has 0 radical (unpaired) electrons. The van der Waals surface area contributed by atoms with Crippen LogP contribution >= 0.6 is 11.3 Å². The molecule has 0 spiro atoms. The average Bonchev–Trinajstić information content (AvgIpc) is 3.30. The Morgan fingerprint density at radius 2 is 1.94 bits per heavy atom. The van der Waals surface area contributed by atoms with Gasteiger partial charge in [0.05, 0.1) is 27.7 Å². The zero-order valence-corrected chi connectivity index (χ0v) is 20.2. The van der Waals surface area contributed by atoms with E-state index >= 15 is 0 Å². The lowest BCUT2D eigenvalue weighted by atomic mass is 9.81. The van der Waals surface area contributed by atoms with Crippen molar-refractivity contribution in [2.45, 2.75) is 57.9 Å². The molecule has 1 saturated carbocycles. The number of rotatable bonds is 7. The molecule has 1 amide bonds. The molecule has 1 fully saturated rings. The van der Waals surface area contributed by atoms with Gasteiger partial charge in [-0.05, 0) is 76.3 Å². The summed E-state index contributed by atoms with van der Waals surface area (Å²) in [5.74, 6) is 1.94. The SMILES string of the molecule is Cc1ccnc(Nc2cccc(-c3cnc(C4CCC(C(=O)NC(C)(C)CO)CC4)s3)n2)c1. The molecule has 4 rings (SSSR count). The summed E-state index contributed by atoms with van der Waals surface area (Å²) < 4.78 is 0. The first-order valence-corrected chi connectivity index (χ1v) is 12.2. The fraction of sp³-hybridized carbons (Fsp3) is 0.440. The second-order valence-electron chi connectivity index (χ2n) is 9.39. The lowest BCUT2D eigenvalue weighted by molar-refractivity contribution is -0.128. The van der Waals surface area contributed by atoms with Crippen LogP contribution in [-0.2, 0) is 4.79 Å². The van der Waals surface area contributed by atoms with Gasteiger partial charge in [-0.25, -0.2) is 15.0 Å². The topological polar surface area (TPSA) is 100 Å². The Labute approximate surface area is 198 Å². The molecule has 0 saturated heterocycles. The van der Waals surface area contributed by atoms with Crippen LogP contribution in [0.4, 0.5) is 11.6 Å². The number of hydrogen-bond acceptors (Lipinski definition) is 7. The minimum atomic E-state index is -0.579. The Morgan fingerprint density at radius 1 is 1.15 bits per heavy atom. The van der Waals surface area contributed by atoms with Crippen molar-refractivity contribution in [1.29, 1.82) is 0 Å². The second kappa shape index (κ2) is 9.97. The van der Waals surface area contributed by atoms with Crippen molar-refractivity contribution in [3.63, 3.8) is 0 Å². The maximum atomic E-state index is 12.5. The number of nitrogens with one attached hydrogen (secondary N) is 2. The molecule has 0 aliphatic heterocycles. The summed E-state index contributed by atoms with van der Waals surface area (Å²) in [5, 5.41) is 16.7. The van der Waals surface area contributed by atoms with Gasteiger partial charge in [0.25, 0.3) is 0 Å². The normalized spacial score (nSPS) is 18.7. The number of aryl methyl sites for hydroxylation is 1. The predicted octanol–water partition coefficient (Wildman–Crippen LogP) is 4.81. The van der Waals surface area contributed by atoms with Gasteiger partial charge in [-0.15, -0.1) is 11.3 Å². The number of aliphatic hydroxyl groups excluding tert-OH is 1. The number of hydrogen-bond donors (Lipinski definition) is 3. The molecule has 0 bridgehead atoms. The van der Waals surface area contributed by atoms with Gasteiger partial charge >= 0.3 is 0 Å². The van der Waals surface area contributed by atoms with Crippen LogP contribution in [-0.4, -0.2) is 38.1 Å². The van der Waals surface area contributed by atoms with Crippen molar-refractivity contribution < 1.29 is 9.90 Å². The van der Waals surface area contributed by atoms with E-state index in [2.05, 4.69) is 15.6 Å². The van der Waals surface area contributed by atoms with Gasteiger partial charge in [0, 0.05) is 24.2 Å². The monoisotopic (exact) mass is 465 g/mol. The van der Waals surface area contributed by atoms with Gasteiger partial charge in [-0.1, -0.05) is 6.07 Å². The van der Waals surface area contributed by atoms with Crippen LogP contribution in [0.2, 0.25) is 0 Å². The van der Waals surface area contributed by atoms with Crippen molar-refractivity contribution in [3.05, 3.63) is 53.3 Å². The summed E-state index contributed by atoms with van der Waals surface area (Å²) in [5.41, 5.74) is 1.44. The molecule has 33 heavy (non-hydrogen) atoms. The van der Waals surface area contributed by atoms with Gasteiger partial charge in [0.1, 0.15) is 11.6 Å². The highest BCUT2D eigenvalue weighted by molar-refractivity contribution is 7.15. The fourth-order valence-corrected chi connectivity index (χ4v) is 5.11. The number of carbonyl (C=O) groups is 1. The van der Waals surface area contributed by atoms with Gasteiger partial charge in [-0.3, -0.25) is 4.79 Å². The summed E-state index contributed by atoms with van der Waals surface area (Å²) in [4.78, 5) is 27.4. The molecule has 0 unspecified atom stereocenters. The first-order valence-electron chi connectivity index (χ1n) is 11.4. The molecule has 3 N–H and O–H groups in total. The standard InChI is InChI=1S/C25H31N5O2S/c1-16-11-12-26-22(13-16)29-21-6-4-5-19(28-21)20-14-27-24(33-20)18-9-7-17(8-10-18)23(32)30-25(2,3)15-31/h4-6,11-14,17-18,31H,7-10,15H2,1-3H3,(H,30,32)(H,26,28,29). The molecule has 1 aliphatic carbocycles. The number of aliphatic hydroxyl groups is 1. The van der Waals surface area contributed by atoms with Crippen molar-refractivity contribution >= 4 is 28.9 Å². The van der Waals surface area contributed by atoms with E-state index in [9.17, 15) is 9.90 Å². The second-order valence-corrected chi connectivity index (χ2v) is 10.5. The molecule has 8 heteroatoms. The van der Waals surface area contributed by atoms with Crippen LogP contribution in [0.1, 0.15) is 56.0 Å². The minimum Gasteiger partial charge on any atom is -0.394 e. The summed E-state index contributed by atoms with van der Waals surface area (Å²) in [6.07, 6.45) is 7.25. The van der Waals surface area contributed by atoms with Crippen LogP contribution in [0.3, 0.4) is 0 Å². The number of pyridine rings is 2. The number of nitrogens with zero attached hydrogens (tertiary/aromatic N) is 3. The lowest BCUT2D eigenvalue weighted by Gasteiger charge is -2.30. The summed E-state index contributed by atoms with van der Waals surface area (Å²) in [6, 6.07) is 9.86. The number of amides is 1. The van der Waals surface area contributed by atoms with Gasteiger partial charge in [0.2, 0.25) is 5.91 Å². The Kier molecular flexibility index (Phi) is 7.05. The Hall–Kier alpha value is -2.84. The molecule has 174 valence electrons. The van der Waals surface area contributed by atoms with E-state index in [1.165, 1.54) is 0 Å². The molecule has 0 atom stereocenters. The molecule has 3 heterocycles. The highest BCUT2D eigenvalue weighted by atomic mass is 32.1. The van der Waals surface area contributed by atoms with Crippen LogP contribution in [0.25, 0.3) is 10.6 Å². The number of carbonyl (C=O) groups excluding carboxylic acids is 1. The van der Waals surface area contributed by atoms with E-state index in [1.807, 2.05) is 57.3 Å². The highest BCUT2D eigenvalue weighted by Crippen LogP contribution is 2.39. The Morgan fingerprint density at radius 3 is 2.67 bits per heavy atom. The Balaban J connectivity index is 1.38. The summed E-state index contributed by atoms with van der Waals surface area (Å²) in [6.45, 7) is 5.64.